The zero-order valence-corrected chi connectivity index (χ0v) is 18.6. The quantitative estimate of drug-likeness (QED) is 0.525. The molecule has 9 heteroatoms. The van der Waals surface area contributed by atoms with Gasteiger partial charge in [-0.05, 0) is 18.2 Å². The van der Waals surface area contributed by atoms with E-state index in [0.29, 0.717) is 47.2 Å². The third-order valence-electron chi connectivity index (χ3n) is 5.87. The highest BCUT2D eigenvalue weighted by molar-refractivity contribution is 5.76. The Kier molecular flexibility index (Phi) is 6.76. The van der Waals surface area contributed by atoms with Gasteiger partial charge in [-0.1, -0.05) is 18.2 Å². The summed E-state index contributed by atoms with van der Waals surface area (Å²) in [7, 11) is 4.81. The van der Waals surface area contributed by atoms with E-state index >= 15 is 0 Å². The summed E-state index contributed by atoms with van der Waals surface area (Å²) in [5.41, 5.74) is 2.08. The molecule has 0 amide bonds. The zero-order chi connectivity index (χ0) is 22.7. The van der Waals surface area contributed by atoms with Crippen molar-refractivity contribution in [1.82, 2.24) is 19.4 Å². The van der Waals surface area contributed by atoms with Crippen LogP contribution in [0.4, 0.5) is 8.78 Å². The maximum Gasteiger partial charge on any atom is 0.320 e. The van der Waals surface area contributed by atoms with Crippen molar-refractivity contribution in [1.29, 1.82) is 0 Å². The van der Waals surface area contributed by atoms with Gasteiger partial charge in [-0.3, -0.25) is 14.4 Å². The molecule has 1 fully saturated rings. The number of benzene rings is 2. The summed E-state index contributed by atoms with van der Waals surface area (Å²) in [6.07, 6.45) is 0. The second-order valence-corrected chi connectivity index (χ2v) is 7.71. The Morgan fingerprint density at radius 3 is 2.12 bits per heavy atom. The van der Waals surface area contributed by atoms with E-state index in [1.165, 1.54) is 0 Å². The first-order chi connectivity index (χ1) is 15.5. The van der Waals surface area contributed by atoms with Gasteiger partial charge < -0.3 is 14.2 Å². The molecule has 0 saturated carbocycles. The highest BCUT2D eigenvalue weighted by Gasteiger charge is 2.24. The van der Waals surface area contributed by atoms with Crippen LogP contribution >= 0.6 is 0 Å². The van der Waals surface area contributed by atoms with E-state index in [1.54, 1.807) is 39.5 Å². The van der Waals surface area contributed by atoms with Gasteiger partial charge in [0, 0.05) is 38.3 Å². The molecule has 0 unspecified atom stereocenters. The first-order valence-electron chi connectivity index (χ1n) is 10.5. The number of ether oxygens (including phenoxy) is 3. The van der Waals surface area contributed by atoms with Crippen LogP contribution in [0.2, 0.25) is 0 Å². The average Bonchev–Trinajstić information content (AvgIpc) is 3.17. The van der Waals surface area contributed by atoms with Gasteiger partial charge in [0.1, 0.15) is 5.82 Å². The Bertz CT molecular complexity index is 1060. The molecule has 1 aliphatic heterocycles. The van der Waals surface area contributed by atoms with E-state index in [4.69, 9.17) is 14.2 Å². The van der Waals surface area contributed by atoms with Crippen LogP contribution in [0.5, 0.6) is 17.2 Å². The molecule has 3 aromatic rings. The number of fused-ring (bicyclic) bond motifs is 1. The first kappa shape index (κ1) is 22.3. The van der Waals surface area contributed by atoms with Crippen molar-refractivity contribution in [2.75, 3.05) is 47.5 Å². The number of rotatable bonds is 8. The summed E-state index contributed by atoms with van der Waals surface area (Å²) in [6, 6.07) is 10.9. The van der Waals surface area contributed by atoms with Crippen LogP contribution < -0.4 is 14.2 Å². The molecule has 7 nitrogen and oxygen atoms in total. The molecule has 1 aromatic heterocycles. The molecule has 1 saturated heterocycles. The monoisotopic (exact) mass is 446 g/mol. The molecule has 172 valence electrons. The minimum Gasteiger partial charge on any atom is -0.493 e. The van der Waals surface area contributed by atoms with Crippen molar-refractivity contribution in [2.45, 2.75) is 19.6 Å². The highest BCUT2D eigenvalue weighted by atomic mass is 19.3. The fraction of sp³-hybridized carbons (Fsp3) is 0.435. The number of aromatic nitrogens is 2. The van der Waals surface area contributed by atoms with E-state index in [0.717, 1.165) is 36.3 Å². The van der Waals surface area contributed by atoms with Crippen LogP contribution in [0.15, 0.2) is 36.4 Å². The summed E-state index contributed by atoms with van der Waals surface area (Å²) in [4.78, 5) is 8.94. The Morgan fingerprint density at radius 2 is 1.50 bits per heavy atom. The predicted octanol–water partition coefficient (Wildman–Crippen LogP) is 3.78. The normalized spacial score (nSPS) is 15.4. The summed E-state index contributed by atoms with van der Waals surface area (Å²) in [6.45, 7) is 1.64. The van der Waals surface area contributed by atoms with Gasteiger partial charge >= 0.3 is 6.55 Å². The molecule has 0 spiro atoms. The van der Waals surface area contributed by atoms with Gasteiger partial charge in [0.05, 0.1) is 38.9 Å². The van der Waals surface area contributed by atoms with E-state index < -0.39 is 6.55 Å². The lowest BCUT2D eigenvalue weighted by Gasteiger charge is -2.34. The number of imidazole rings is 1. The average molecular weight is 446 g/mol. The van der Waals surface area contributed by atoms with Gasteiger partial charge in [0.25, 0.3) is 0 Å². The predicted molar refractivity (Wildman–Crippen MR) is 118 cm³/mol. The molecule has 0 radical (unpaired) electrons. The van der Waals surface area contributed by atoms with E-state index in [1.807, 2.05) is 18.2 Å². The molecule has 4 rings (SSSR count). The maximum absolute atomic E-state index is 13.7. The number of methoxy groups -OCH3 is 3. The van der Waals surface area contributed by atoms with Crippen LogP contribution in [0.1, 0.15) is 17.9 Å². The third-order valence-corrected chi connectivity index (χ3v) is 5.87. The molecule has 2 aromatic carbocycles. The molecule has 2 heterocycles. The lowest BCUT2D eigenvalue weighted by atomic mass is 10.1. The maximum atomic E-state index is 13.7. The van der Waals surface area contributed by atoms with Crippen LogP contribution in [-0.4, -0.2) is 66.9 Å². The molecule has 0 N–H and O–H groups in total. The lowest BCUT2D eigenvalue weighted by molar-refractivity contribution is 0.0644. The van der Waals surface area contributed by atoms with Crippen LogP contribution in [0.3, 0.4) is 0 Å². The fourth-order valence-corrected chi connectivity index (χ4v) is 4.26. The Morgan fingerprint density at radius 1 is 0.844 bits per heavy atom. The summed E-state index contributed by atoms with van der Waals surface area (Å²) >= 11 is 0. The van der Waals surface area contributed by atoms with Gasteiger partial charge in [-0.25, -0.2) is 4.98 Å². The highest BCUT2D eigenvalue weighted by Crippen LogP contribution is 2.40. The van der Waals surface area contributed by atoms with Gasteiger partial charge in [-0.15, -0.1) is 0 Å². The van der Waals surface area contributed by atoms with Crippen LogP contribution in [0, 0.1) is 0 Å². The molecule has 0 aliphatic carbocycles. The van der Waals surface area contributed by atoms with Crippen molar-refractivity contribution in [3.05, 3.63) is 47.8 Å². The standard InChI is InChI=1S/C23H28F2N4O3/c1-30-19-9-8-16(21(31-2)22(19)32-3)14-27-10-12-28(13-11-27)15-20-26-17-6-4-5-7-18(17)29(20)23(24)25/h4-9,23H,10-15H2,1-3H3. The van der Waals surface area contributed by atoms with E-state index in [2.05, 4.69) is 14.8 Å². The van der Waals surface area contributed by atoms with Gasteiger partial charge in [0.15, 0.2) is 11.5 Å². The second kappa shape index (κ2) is 9.70. The van der Waals surface area contributed by atoms with Crippen molar-refractivity contribution in [3.8, 4) is 17.2 Å². The Labute approximate surface area is 186 Å². The third kappa shape index (κ3) is 4.35. The minimum atomic E-state index is -2.61. The van der Waals surface area contributed by atoms with Crippen molar-refractivity contribution in [3.63, 3.8) is 0 Å². The second-order valence-electron chi connectivity index (χ2n) is 7.71. The number of hydrogen-bond acceptors (Lipinski definition) is 6. The molecular formula is C23H28F2N4O3. The summed E-state index contributed by atoms with van der Waals surface area (Å²) in [5, 5.41) is 0. The number of hydrogen-bond donors (Lipinski definition) is 0. The topological polar surface area (TPSA) is 52.0 Å². The molecule has 1 aliphatic rings. The lowest BCUT2D eigenvalue weighted by Crippen LogP contribution is -2.45. The van der Waals surface area contributed by atoms with Crippen molar-refractivity contribution >= 4 is 11.0 Å². The van der Waals surface area contributed by atoms with E-state index in [9.17, 15) is 8.78 Å². The molecule has 32 heavy (non-hydrogen) atoms. The minimum absolute atomic E-state index is 0.395. The van der Waals surface area contributed by atoms with Crippen molar-refractivity contribution in [2.24, 2.45) is 0 Å². The largest absolute Gasteiger partial charge is 0.493 e. The SMILES string of the molecule is COc1ccc(CN2CCN(Cc3nc4ccccc4n3C(F)F)CC2)c(OC)c1OC. The van der Waals surface area contributed by atoms with E-state index in [-0.39, 0.29) is 0 Å². The zero-order valence-electron chi connectivity index (χ0n) is 18.6. The van der Waals surface area contributed by atoms with Crippen molar-refractivity contribution < 1.29 is 23.0 Å². The Hall–Kier alpha value is -2.91. The summed E-state index contributed by atoms with van der Waals surface area (Å²) < 4.78 is 44.9. The number of piperazine rings is 1. The Balaban J connectivity index is 1.43. The van der Waals surface area contributed by atoms with Gasteiger partial charge in [-0.2, -0.15) is 8.78 Å². The molecule has 0 bridgehead atoms. The van der Waals surface area contributed by atoms with Crippen LogP contribution in [-0.2, 0) is 13.1 Å². The number of alkyl halides is 2. The first-order valence-corrected chi connectivity index (χ1v) is 10.5. The molecular weight excluding hydrogens is 418 g/mol. The summed E-state index contributed by atoms with van der Waals surface area (Å²) in [5.74, 6) is 2.27. The number of para-hydroxylation sites is 2. The molecule has 0 atom stereocenters. The van der Waals surface area contributed by atoms with Crippen LogP contribution in [0.25, 0.3) is 11.0 Å². The van der Waals surface area contributed by atoms with Gasteiger partial charge in [0.2, 0.25) is 5.75 Å². The smallest absolute Gasteiger partial charge is 0.320 e. The fourth-order valence-electron chi connectivity index (χ4n) is 4.26. The number of halogens is 2. The number of nitrogens with zero attached hydrogens (tertiary/aromatic N) is 4.